The molecule has 0 fully saturated rings. The van der Waals surface area contributed by atoms with Crippen molar-refractivity contribution in [3.05, 3.63) is 60.8 Å². The molecule has 5 heteroatoms. The number of hydrogen-bond acceptors (Lipinski definition) is 4. The van der Waals surface area contributed by atoms with Gasteiger partial charge in [0.25, 0.3) is 0 Å². The van der Waals surface area contributed by atoms with Gasteiger partial charge in [0.1, 0.15) is 12.2 Å². The summed E-state index contributed by atoms with van der Waals surface area (Å²) in [7, 11) is 0. The molecule has 0 aliphatic carbocycles. The van der Waals surface area contributed by atoms with Gasteiger partial charge in [0, 0.05) is 6.42 Å². The number of carboxylic acid groups (broad SMARTS) is 1. The number of rotatable bonds is 15. The Balaban J connectivity index is 4.01. The lowest BCUT2D eigenvalue weighted by Crippen LogP contribution is -2.20. The maximum Gasteiger partial charge on any atom is 0.303 e. The predicted octanol–water partition coefficient (Wildman–Crippen LogP) is 3.69. The Kier molecular flexibility index (Phi) is 16.2. The standard InChI is InChI=1S/C22H34O5/c1-2-3-4-5-6-7-10-16-20(24)21(25)17-13-12-15-19(23)14-9-8-11-18-22(26)27/h3-4,6-7,10,12-13,15-17,19-21,23-25H,2,5,8-9,11,14,18H2,1H3,(H,26,27). The van der Waals surface area contributed by atoms with Gasteiger partial charge in [-0.25, -0.2) is 0 Å². The molecular weight excluding hydrogens is 344 g/mol. The van der Waals surface area contributed by atoms with E-state index in [2.05, 4.69) is 19.1 Å². The highest BCUT2D eigenvalue weighted by molar-refractivity contribution is 5.66. The van der Waals surface area contributed by atoms with E-state index in [1.54, 1.807) is 24.3 Å². The first-order valence-electron chi connectivity index (χ1n) is 9.56. The van der Waals surface area contributed by atoms with Crippen LogP contribution in [0.5, 0.6) is 0 Å². The zero-order valence-corrected chi connectivity index (χ0v) is 16.2. The zero-order chi connectivity index (χ0) is 20.3. The van der Waals surface area contributed by atoms with E-state index >= 15 is 0 Å². The van der Waals surface area contributed by atoms with Gasteiger partial charge in [-0.15, -0.1) is 0 Å². The molecule has 0 spiro atoms. The van der Waals surface area contributed by atoms with Crippen molar-refractivity contribution >= 4 is 5.97 Å². The van der Waals surface area contributed by atoms with E-state index in [0.29, 0.717) is 12.8 Å². The molecule has 0 aliphatic heterocycles. The largest absolute Gasteiger partial charge is 0.481 e. The second kappa shape index (κ2) is 17.5. The van der Waals surface area contributed by atoms with Gasteiger partial charge < -0.3 is 20.4 Å². The molecule has 0 saturated carbocycles. The monoisotopic (exact) mass is 378 g/mol. The number of hydrogen-bond donors (Lipinski definition) is 4. The quantitative estimate of drug-likeness (QED) is 0.198. The maximum atomic E-state index is 10.4. The van der Waals surface area contributed by atoms with E-state index in [4.69, 9.17) is 5.11 Å². The zero-order valence-electron chi connectivity index (χ0n) is 16.2. The minimum absolute atomic E-state index is 0.162. The molecular formula is C22H34O5. The maximum absolute atomic E-state index is 10.4. The molecule has 0 aromatic rings. The molecule has 4 N–H and O–H groups in total. The molecule has 0 aromatic heterocycles. The third-order valence-corrected chi connectivity index (χ3v) is 3.72. The molecule has 0 saturated heterocycles. The van der Waals surface area contributed by atoms with Gasteiger partial charge in [-0.2, -0.15) is 0 Å². The molecule has 0 rings (SSSR count). The fourth-order valence-electron chi connectivity index (χ4n) is 2.18. The minimum atomic E-state index is -1.02. The molecule has 5 nitrogen and oxygen atoms in total. The van der Waals surface area contributed by atoms with Gasteiger partial charge in [-0.3, -0.25) is 4.79 Å². The van der Waals surface area contributed by atoms with E-state index in [-0.39, 0.29) is 6.42 Å². The molecule has 0 amide bonds. The molecule has 0 radical (unpaired) electrons. The summed E-state index contributed by atoms with van der Waals surface area (Å²) in [6.07, 6.45) is 19.5. The highest BCUT2D eigenvalue weighted by Gasteiger charge is 2.07. The normalized spacial score (nSPS) is 16.3. The molecule has 0 aliphatic rings. The van der Waals surface area contributed by atoms with Crippen LogP contribution >= 0.6 is 0 Å². The minimum Gasteiger partial charge on any atom is -0.481 e. The molecule has 3 atom stereocenters. The fraction of sp³-hybridized carbons (Fsp3) is 0.500. The Morgan fingerprint density at radius 2 is 1.44 bits per heavy atom. The highest BCUT2D eigenvalue weighted by atomic mass is 16.4. The second-order valence-corrected chi connectivity index (χ2v) is 6.24. The number of allylic oxidation sites excluding steroid dienone is 7. The third-order valence-electron chi connectivity index (χ3n) is 3.72. The van der Waals surface area contributed by atoms with E-state index in [0.717, 1.165) is 25.7 Å². The first-order chi connectivity index (χ1) is 13.0. The molecule has 0 heterocycles. The lowest BCUT2D eigenvalue weighted by atomic mass is 10.1. The number of carboxylic acids is 1. The lowest BCUT2D eigenvalue weighted by molar-refractivity contribution is -0.137. The Morgan fingerprint density at radius 1 is 0.815 bits per heavy atom. The molecule has 0 aromatic carbocycles. The number of unbranched alkanes of at least 4 members (excludes halogenated alkanes) is 2. The number of aliphatic carboxylic acids is 1. The molecule has 3 unspecified atom stereocenters. The SMILES string of the molecule is CCC=CCC=CC=CC(O)C(O)C=CC=CC(O)CCCCCC(=O)O. The van der Waals surface area contributed by atoms with Gasteiger partial charge >= 0.3 is 5.97 Å². The molecule has 152 valence electrons. The van der Waals surface area contributed by atoms with Crippen molar-refractivity contribution in [2.45, 2.75) is 70.2 Å². The van der Waals surface area contributed by atoms with Gasteiger partial charge in [0.2, 0.25) is 0 Å². The summed E-state index contributed by atoms with van der Waals surface area (Å²) in [4.78, 5) is 10.4. The van der Waals surface area contributed by atoms with Crippen molar-refractivity contribution in [1.82, 2.24) is 0 Å². The summed E-state index contributed by atoms with van der Waals surface area (Å²) in [6, 6.07) is 0. The van der Waals surface area contributed by atoms with E-state index in [1.807, 2.05) is 12.2 Å². The van der Waals surface area contributed by atoms with Crippen LogP contribution in [0.3, 0.4) is 0 Å². The summed E-state index contributed by atoms with van der Waals surface area (Å²) in [5.74, 6) is -0.795. The Labute approximate surface area is 162 Å². The summed E-state index contributed by atoms with van der Waals surface area (Å²) < 4.78 is 0. The summed E-state index contributed by atoms with van der Waals surface area (Å²) in [5.41, 5.74) is 0. The summed E-state index contributed by atoms with van der Waals surface area (Å²) >= 11 is 0. The Bertz CT molecular complexity index is 517. The number of carbonyl (C=O) groups is 1. The first kappa shape index (κ1) is 25.1. The van der Waals surface area contributed by atoms with Crippen molar-refractivity contribution in [3.63, 3.8) is 0 Å². The fourth-order valence-corrected chi connectivity index (χ4v) is 2.18. The van der Waals surface area contributed by atoms with E-state index in [9.17, 15) is 20.1 Å². The van der Waals surface area contributed by atoms with E-state index in [1.165, 1.54) is 12.2 Å². The van der Waals surface area contributed by atoms with Crippen LogP contribution in [0.25, 0.3) is 0 Å². The number of aliphatic hydroxyl groups excluding tert-OH is 3. The average Bonchev–Trinajstić information content (AvgIpc) is 2.63. The van der Waals surface area contributed by atoms with Gasteiger partial charge in [-0.05, 0) is 25.7 Å². The summed E-state index contributed by atoms with van der Waals surface area (Å²) in [5, 5.41) is 38.0. The highest BCUT2D eigenvalue weighted by Crippen LogP contribution is 2.07. The van der Waals surface area contributed by atoms with Crippen LogP contribution in [0, 0.1) is 0 Å². The first-order valence-corrected chi connectivity index (χ1v) is 9.56. The molecule has 0 bridgehead atoms. The lowest BCUT2D eigenvalue weighted by Gasteiger charge is -2.09. The van der Waals surface area contributed by atoms with Crippen molar-refractivity contribution in [1.29, 1.82) is 0 Å². The second-order valence-electron chi connectivity index (χ2n) is 6.24. The predicted molar refractivity (Wildman–Crippen MR) is 109 cm³/mol. The third kappa shape index (κ3) is 17.2. The summed E-state index contributed by atoms with van der Waals surface area (Å²) in [6.45, 7) is 2.08. The Morgan fingerprint density at radius 3 is 2.07 bits per heavy atom. The van der Waals surface area contributed by atoms with Crippen molar-refractivity contribution < 1.29 is 25.2 Å². The van der Waals surface area contributed by atoms with Crippen LogP contribution in [0.1, 0.15) is 51.9 Å². The number of aliphatic hydroxyl groups is 3. The van der Waals surface area contributed by atoms with Crippen LogP contribution in [-0.2, 0) is 4.79 Å². The topological polar surface area (TPSA) is 98.0 Å². The van der Waals surface area contributed by atoms with E-state index < -0.39 is 24.3 Å². The van der Waals surface area contributed by atoms with Crippen molar-refractivity contribution in [3.8, 4) is 0 Å². The average molecular weight is 379 g/mol. The van der Waals surface area contributed by atoms with Gasteiger partial charge in [0.15, 0.2) is 0 Å². The Hall–Kier alpha value is -1.95. The van der Waals surface area contributed by atoms with Crippen LogP contribution in [-0.4, -0.2) is 44.7 Å². The van der Waals surface area contributed by atoms with Crippen LogP contribution in [0.2, 0.25) is 0 Å². The molecule has 27 heavy (non-hydrogen) atoms. The van der Waals surface area contributed by atoms with Crippen LogP contribution in [0.4, 0.5) is 0 Å². The van der Waals surface area contributed by atoms with Crippen molar-refractivity contribution in [2.24, 2.45) is 0 Å². The van der Waals surface area contributed by atoms with Crippen LogP contribution < -0.4 is 0 Å². The van der Waals surface area contributed by atoms with Gasteiger partial charge in [-0.1, -0.05) is 80.5 Å². The van der Waals surface area contributed by atoms with Crippen LogP contribution in [0.15, 0.2) is 60.8 Å². The van der Waals surface area contributed by atoms with Gasteiger partial charge in [0.05, 0.1) is 6.10 Å². The smallest absolute Gasteiger partial charge is 0.303 e. The van der Waals surface area contributed by atoms with Crippen molar-refractivity contribution in [2.75, 3.05) is 0 Å².